The van der Waals surface area contributed by atoms with E-state index in [2.05, 4.69) is 0 Å². The van der Waals surface area contributed by atoms with Gasteiger partial charge in [0.1, 0.15) is 5.82 Å². The quantitative estimate of drug-likeness (QED) is 0.165. The van der Waals surface area contributed by atoms with Gasteiger partial charge in [-0.05, 0) is 85.2 Å². The molecular weight excluding hydrogens is 505 g/mol. The molecule has 1 aliphatic carbocycles. The number of aromatic nitrogens is 2. The first-order valence-corrected chi connectivity index (χ1v) is 14.2. The number of amides is 1. The molecule has 4 aromatic rings. The van der Waals surface area contributed by atoms with Crippen LogP contribution in [0.4, 0.5) is 4.39 Å². The normalized spacial score (nSPS) is 15.4. The number of Topliss-reactive ketones (excluding diaryl/α,β-unsaturated/α-hetero) is 1. The first-order valence-electron chi connectivity index (χ1n) is 14.2. The second kappa shape index (κ2) is 11.3. The van der Waals surface area contributed by atoms with Crippen LogP contribution in [0.15, 0.2) is 66.9 Å². The Labute approximate surface area is 233 Å². The molecule has 7 heteroatoms. The Kier molecular flexibility index (Phi) is 7.48. The number of ketones is 1. The van der Waals surface area contributed by atoms with Crippen molar-refractivity contribution in [2.45, 2.75) is 39.2 Å². The summed E-state index contributed by atoms with van der Waals surface area (Å²) >= 11 is 0. The highest BCUT2D eigenvalue weighted by Gasteiger charge is 2.31. The maximum Gasteiger partial charge on any atom is 0.253 e. The van der Waals surface area contributed by atoms with Crippen molar-refractivity contribution in [3.63, 3.8) is 0 Å². The standard InChI is InChI=1S/C33H34FN3O3/c1-22-29(32(38)3-2-16-40-21-23-4-5-23)14-15-31-30(22)20-37(35-31)19-24-17-36(18-24)33(39)27-8-6-25(7-9-27)26-10-12-28(34)13-11-26/h6-15,20,23-24H,2-5,16-19,21H2,1H3. The highest BCUT2D eigenvalue weighted by molar-refractivity contribution is 6.01. The van der Waals surface area contributed by atoms with Gasteiger partial charge in [0.05, 0.1) is 5.52 Å². The lowest BCUT2D eigenvalue weighted by molar-refractivity contribution is 0.0462. The molecule has 3 aromatic carbocycles. The molecule has 2 fully saturated rings. The number of hydrogen-bond donors (Lipinski definition) is 0. The molecule has 0 spiro atoms. The highest BCUT2D eigenvalue weighted by atomic mass is 19.1. The maximum absolute atomic E-state index is 13.2. The van der Waals surface area contributed by atoms with Crippen molar-refractivity contribution in [2.75, 3.05) is 26.3 Å². The topological polar surface area (TPSA) is 64.4 Å². The predicted molar refractivity (Wildman–Crippen MR) is 153 cm³/mol. The number of ether oxygens (including phenoxy) is 1. The fourth-order valence-electron chi connectivity index (χ4n) is 5.43. The lowest BCUT2D eigenvalue weighted by Gasteiger charge is -2.39. The van der Waals surface area contributed by atoms with E-state index in [4.69, 9.17) is 9.84 Å². The molecular formula is C33H34FN3O3. The van der Waals surface area contributed by atoms with Crippen molar-refractivity contribution >= 4 is 22.6 Å². The number of carbonyl (C=O) groups is 2. The van der Waals surface area contributed by atoms with Gasteiger partial charge in [-0.25, -0.2) is 4.39 Å². The fraction of sp³-hybridized carbons (Fsp3) is 0.364. The number of carbonyl (C=O) groups excluding carboxylic acids is 2. The summed E-state index contributed by atoms with van der Waals surface area (Å²) in [6.45, 7) is 5.56. The van der Waals surface area contributed by atoms with Crippen molar-refractivity contribution in [3.8, 4) is 11.1 Å². The van der Waals surface area contributed by atoms with Gasteiger partial charge in [-0.2, -0.15) is 5.10 Å². The number of rotatable bonds is 11. The molecule has 0 bridgehead atoms. The number of hydrogen-bond acceptors (Lipinski definition) is 4. The van der Waals surface area contributed by atoms with Gasteiger partial charge in [-0.3, -0.25) is 14.3 Å². The molecule has 6 rings (SSSR count). The second-order valence-electron chi connectivity index (χ2n) is 11.2. The summed E-state index contributed by atoms with van der Waals surface area (Å²) in [5, 5.41) is 5.74. The van der Waals surface area contributed by atoms with Gasteiger partial charge in [0, 0.05) is 67.9 Å². The minimum Gasteiger partial charge on any atom is -0.381 e. The molecule has 1 saturated heterocycles. The molecule has 2 aliphatic rings. The summed E-state index contributed by atoms with van der Waals surface area (Å²) in [6.07, 6.45) is 5.82. The molecule has 1 saturated carbocycles. The van der Waals surface area contributed by atoms with E-state index >= 15 is 0 Å². The number of halogens is 1. The Balaban J connectivity index is 1.01. The van der Waals surface area contributed by atoms with E-state index in [9.17, 15) is 14.0 Å². The molecule has 1 amide bonds. The Morgan fingerprint density at radius 3 is 2.35 bits per heavy atom. The zero-order valence-electron chi connectivity index (χ0n) is 22.8. The van der Waals surface area contributed by atoms with Crippen LogP contribution in [0.1, 0.15) is 52.0 Å². The number of fused-ring (bicyclic) bond motifs is 1. The predicted octanol–water partition coefficient (Wildman–Crippen LogP) is 6.31. The number of likely N-dealkylation sites (tertiary alicyclic amines) is 1. The van der Waals surface area contributed by atoms with Crippen molar-refractivity contribution in [1.82, 2.24) is 14.7 Å². The van der Waals surface area contributed by atoms with E-state index in [1.807, 2.05) is 59.1 Å². The fourth-order valence-corrected chi connectivity index (χ4v) is 5.43. The first kappa shape index (κ1) is 26.4. The number of nitrogens with zero attached hydrogens (tertiary/aromatic N) is 3. The van der Waals surface area contributed by atoms with Crippen LogP contribution in [-0.2, 0) is 11.3 Å². The third-order valence-electron chi connectivity index (χ3n) is 8.05. The lowest BCUT2D eigenvalue weighted by Crippen LogP contribution is -2.51. The van der Waals surface area contributed by atoms with Gasteiger partial charge in [-0.1, -0.05) is 24.3 Å². The average Bonchev–Trinajstić information content (AvgIpc) is 3.67. The molecule has 0 radical (unpaired) electrons. The molecule has 0 atom stereocenters. The van der Waals surface area contributed by atoms with E-state index < -0.39 is 0 Å². The molecule has 2 heterocycles. The first-order chi connectivity index (χ1) is 19.4. The monoisotopic (exact) mass is 539 g/mol. The third-order valence-corrected chi connectivity index (χ3v) is 8.05. The summed E-state index contributed by atoms with van der Waals surface area (Å²) in [5.41, 5.74) is 5.13. The molecule has 40 heavy (non-hydrogen) atoms. The van der Waals surface area contributed by atoms with E-state index in [0.29, 0.717) is 37.6 Å². The van der Waals surface area contributed by atoms with Crippen LogP contribution in [0, 0.1) is 24.6 Å². The molecule has 0 N–H and O–H groups in total. The Morgan fingerprint density at radius 1 is 0.950 bits per heavy atom. The van der Waals surface area contributed by atoms with E-state index in [1.54, 1.807) is 12.1 Å². The summed E-state index contributed by atoms with van der Waals surface area (Å²) < 4.78 is 20.8. The van der Waals surface area contributed by atoms with Crippen molar-refractivity contribution in [1.29, 1.82) is 0 Å². The SMILES string of the molecule is Cc1c(C(=O)CCCOCC2CC2)ccc2nn(CC3CN(C(=O)c4ccc(-c5ccc(F)cc5)cc4)C3)cc12. The van der Waals surface area contributed by atoms with Crippen LogP contribution in [0.25, 0.3) is 22.0 Å². The molecule has 1 aliphatic heterocycles. The largest absolute Gasteiger partial charge is 0.381 e. The van der Waals surface area contributed by atoms with E-state index in [0.717, 1.165) is 58.6 Å². The van der Waals surface area contributed by atoms with Crippen molar-refractivity contribution in [2.24, 2.45) is 11.8 Å². The van der Waals surface area contributed by atoms with Gasteiger partial charge in [0.25, 0.3) is 5.91 Å². The van der Waals surface area contributed by atoms with Crippen LogP contribution in [0.5, 0.6) is 0 Å². The van der Waals surface area contributed by atoms with Gasteiger partial charge in [-0.15, -0.1) is 0 Å². The summed E-state index contributed by atoms with van der Waals surface area (Å²) in [7, 11) is 0. The minimum atomic E-state index is -0.267. The minimum absolute atomic E-state index is 0.0180. The molecule has 1 aromatic heterocycles. The summed E-state index contributed by atoms with van der Waals surface area (Å²) in [5.74, 6) is 0.976. The zero-order chi connectivity index (χ0) is 27.6. The average molecular weight is 540 g/mol. The molecule has 6 nitrogen and oxygen atoms in total. The van der Waals surface area contributed by atoms with Crippen molar-refractivity contribution < 1.29 is 18.7 Å². The third kappa shape index (κ3) is 5.85. The Morgan fingerprint density at radius 2 is 1.65 bits per heavy atom. The summed E-state index contributed by atoms with van der Waals surface area (Å²) in [4.78, 5) is 27.7. The van der Waals surface area contributed by atoms with Crippen LogP contribution in [-0.4, -0.2) is 52.7 Å². The maximum atomic E-state index is 13.2. The van der Waals surface area contributed by atoms with Crippen LogP contribution in [0.3, 0.4) is 0 Å². The van der Waals surface area contributed by atoms with E-state index in [1.165, 1.54) is 25.0 Å². The van der Waals surface area contributed by atoms with Gasteiger partial charge >= 0.3 is 0 Å². The van der Waals surface area contributed by atoms with Gasteiger partial charge in [0.15, 0.2) is 5.78 Å². The lowest BCUT2D eigenvalue weighted by atomic mass is 9.97. The highest BCUT2D eigenvalue weighted by Crippen LogP contribution is 2.29. The van der Waals surface area contributed by atoms with Gasteiger partial charge < -0.3 is 9.64 Å². The molecule has 206 valence electrons. The number of benzene rings is 3. The Hall–Kier alpha value is -3.84. The van der Waals surface area contributed by atoms with Crippen LogP contribution in [0.2, 0.25) is 0 Å². The molecule has 0 unspecified atom stereocenters. The smallest absolute Gasteiger partial charge is 0.253 e. The zero-order valence-corrected chi connectivity index (χ0v) is 22.8. The van der Waals surface area contributed by atoms with Crippen molar-refractivity contribution in [3.05, 3.63) is 89.4 Å². The second-order valence-corrected chi connectivity index (χ2v) is 11.2. The van der Waals surface area contributed by atoms with Crippen LogP contribution < -0.4 is 0 Å². The Bertz CT molecular complexity index is 1520. The summed E-state index contributed by atoms with van der Waals surface area (Å²) in [6, 6.07) is 17.6. The number of aryl methyl sites for hydroxylation is 1. The van der Waals surface area contributed by atoms with Gasteiger partial charge in [0.2, 0.25) is 0 Å². The van der Waals surface area contributed by atoms with Crippen LogP contribution >= 0.6 is 0 Å². The van der Waals surface area contributed by atoms with E-state index in [-0.39, 0.29) is 17.5 Å².